The lowest BCUT2D eigenvalue weighted by molar-refractivity contribution is -0.143. The van der Waals surface area contributed by atoms with Gasteiger partial charge in [-0.3, -0.25) is 18.7 Å². The van der Waals surface area contributed by atoms with Gasteiger partial charge in [0.2, 0.25) is 10.0 Å². The number of fused-ring (bicyclic) bond motifs is 2. The number of carbonyl (C=O) groups is 2. The summed E-state index contributed by atoms with van der Waals surface area (Å²) >= 11 is 0. The molecule has 0 unspecified atom stereocenters. The summed E-state index contributed by atoms with van der Waals surface area (Å²) in [7, 11) is -1.86. The van der Waals surface area contributed by atoms with E-state index in [0.29, 0.717) is 16.6 Å². The van der Waals surface area contributed by atoms with E-state index in [4.69, 9.17) is 4.74 Å². The van der Waals surface area contributed by atoms with E-state index in [9.17, 15) is 22.8 Å². The molecule has 1 amide bonds. The predicted octanol–water partition coefficient (Wildman–Crippen LogP) is 4.19. The van der Waals surface area contributed by atoms with E-state index < -0.39 is 27.9 Å². The third-order valence-corrected chi connectivity index (χ3v) is 8.06. The molecule has 2 aromatic heterocycles. The number of rotatable bonds is 9. The van der Waals surface area contributed by atoms with E-state index in [1.54, 1.807) is 17.6 Å². The molecule has 43 heavy (non-hydrogen) atoms. The summed E-state index contributed by atoms with van der Waals surface area (Å²) in [4.78, 5) is 40.1. The van der Waals surface area contributed by atoms with Crippen LogP contribution in [0.25, 0.3) is 21.9 Å². The number of imidazole rings is 1. The number of carbonyl (C=O) groups excluding carboxylic acids is 2. The van der Waals surface area contributed by atoms with Gasteiger partial charge in [0.1, 0.15) is 0 Å². The third-order valence-electron chi connectivity index (χ3n) is 7.50. The molecule has 0 bridgehead atoms. The van der Waals surface area contributed by atoms with E-state index in [-0.39, 0.29) is 30.8 Å². The van der Waals surface area contributed by atoms with Crippen molar-refractivity contribution in [3.63, 3.8) is 0 Å². The van der Waals surface area contributed by atoms with Crippen LogP contribution in [0.3, 0.4) is 0 Å². The minimum atomic E-state index is -3.82. The van der Waals surface area contributed by atoms with Gasteiger partial charge < -0.3 is 9.30 Å². The van der Waals surface area contributed by atoms with Crippen LogP contribution in [0.2, 0.25) is 0 Å². The second kappa shape index (κ2) is 11.6. The Labute approximate surface area is 249 Å². The molecule has 11 heteroatoms. The van der Waals surface area contributed by atoms with Gasteiger partial charge in [-0.2, -0.15) is 0 Å². The first-order valence-electron chi connectivity index (χ1n) is 13.9. The highest BCUT2D eigenvalue weighted by Crippen LogP contribution is 2.30. The molecule has 1 N–H and O–H groups in total. The smallest absolute Gasteiger partial charge is 0.330 e. The highest BCUT2D eigenvalue weighted by molar-refractivity contribution is 7.89. The van der Waals surface area contributed by atoms with E-state index >= 15 is 0 Å². The molecule has 0 spiro atoms. The molecule has 5 rings (SSSR count). The Morgan fingerprint density at radius 3 is 2.37 bits per heavy atom. The average molecular weight is 603 g/mol. The summed E-state index contributed by atoms with van der Waals surface area (Å²) < 4.78 is 36.0. The molecular formula is C32H34N4O6S. The third kappa shape index (κ3) is 5.98. The summed E-state index contributed by atoms with van der Waals surface area (Å²) in [5.41, 5.74) is 5.52. The van der Waals surface area contributed by atoms with Crippen LogP contribution < -0.4 is 10.4 Å². The van der Waals surface area contributed by atoms with Crippen molar-refractivity contribution in [1.29, 1.82) is 0 Å². The highest BCUT2D eigenvalue weighted by Gasteiger charge is 2.27. The van der Waals surface area contributed by atoms with Crippen LogP contribution in [0, 0.1) is 13.8 Å². The number of hydrogen-bond acceptors (Lipinski definition) is 6. The molecule has 0 radical (unpaired) electrons. The average Bonchev–Trinajstić information content (AvgIpc) is 3.39. The highest BCUT2D eigenvalue weighted by atomic mass is 32.2. The fourth-order valence-corrected chi connectivity index (χ4v) is 6.27. The van der Waals surface area contributed by atoms with Crippen molar-refractivity contribution in [3.8, 4) is 0 Å². The normalized spacial score (nSPS) is 12.5. The van der Waals surface area contributed by atoms with Crippen LogP contribution in [0.1, 0.15) is 52.0 Å². The topological polar surface area (TPSA) is 121 Å². The summed E-state index contributed by atoms with van der Waals surface area (Å²) in [6, 6.07) is 17.2. The summed E-state index contributed by atoms with van der Waals surface area (Å²) in [6.07, 6.45) is 2.78. The summed E-state index contributed by atoms with van der Waals surface area (Å²) in [5, 5.41) is 1.05. The van der Waals surface area contributed by atoms with Crippen LogP contribution >= 0.6 is 0 Å². The van der Waals surface area contributed by atoms with Crippen LogP contribution in [-0.4, -0.2) is 46.9 Å². The molecule has 1 atom stereocenters. The standard InChI is InChI=1S/C32H34N4O6S/c1-6-42-29(37)17-26(22-10-8-7-9-11-22)36-27-16-23(31(38)33-43(5,40)41)12-13-25(27)35(32(36)39)19-24-18-34(4)28-15-20(2)14-21(3)30(24)28/h7-16,18,26H,6,17,19H2,1-5H3,(H,33,38)/t26-/m1/s1. The lowest BCUT2D eigenvalue weighted by atomic mass is 10.0. The van der Waals surface area contributed by atoms with Crippen molar-refractivity contribution in [3.05, 3.63) is 105 Å². The van der Waals surface area contributed by atoms with E-state index in [0.717, 1.165) is 33.8 Å². The Hall–Kier alpha value is -4.64. The zero-order valence-corrected chi connectivity index (χ0v) is 25.6. The van der Waals surface area contributed by atoms with Gasteiger partial charge in [-0.15, -0.1) is 0 Å². The number of esters is 1. The van der Waals surface area contributed by atoms with E-state index in [1.807, 2.05) is 66.7 Å². The fraction of sp³-hybridized carbons (Fsp3) is 0.281. The number of amides is 1. The Morgan fingerprint density at radius 2 is 1.70 bits per heavy atom. The van der Waals surface area contributed by atoms with Crippen molar-refractivity contribution in [1.82, 2.24) is 18.4 Å². The first-order valence-corrected chi connectivity index (χ1v) is 15.8. The molecular weight excluding hydrogens is 568 g/mol. The number of aromatic nitrogens is 3. The first-order chi connectivity index (χ1) is 20.4. The van der Waals surface area contributed by atoms with Crippen molar-refractivity contribution in [2.45, 2.75) is 39.8 Å². The lowest BCUT2D eigenvalue weighted by Gasteiger charge is -2.19. The summed E-state index contributed by atoms with van der Waals surface area (Å²) in [6.45, 7) is 6.23. The van der Waals surface area contributed by atoms with Crippen molar-refractivity contribution < 1.29 is 22.7 Å². The quantitative estimate of drug-likeness (QED) is 0.253. The molecule has 0 aliphatic rings. The zero-order valence-electron chi connectivity index (χ0n) is 24.7. The molecule has 10 nitrogen and oxygen atoms in total. The predicted molar refractivity (Wildman–Crippen MR) is 166 cm³/mol. The monoisotopic (exact) mass is 602 g/mol. The van der Waals surface area contributed by atoms with Crippen LogP contribution in [0.5, 0.6) is 0 Å². The van der Waals surface area contributed by atoms with Gasteiger partial charge in [0, 0.05) is 29.7 Å². The van der Waals surface area contributed by atoms with Crippen LogP contribution in [-0.2, 0) is 33.1 Å². The van der Waals surface area contributed by atoms with Gasteiger partial charge >= 0.3 is 11.7 Å². The molecule has 3 aromatic carbocycles. The molecule has 0 aliphatic carbocycles. The van der Waals surface area contributed by atoms with Gasteiger partial charge in [-0.25, -0.2) is 17.9 Å². The van der Waals surface area contributed by atoms with E-state index in [2.05, 4.69) is 12.1 Å². The second-order valence-corrected chi connectivity index (χ2v) is 12.6. The van der Waals surface area contributed by atoms with Crippen molar-refractivity contribution >= 4 is 43.8 Å². The van der Waals surface area contributed by atoms with Gasteiger partial charge in [0.15, 0.2) is 0 Å². The molecule has 5 aromatic rings. The number of hydrogen-bond donors (Lipinski definition) is 1. The maximum atomic E-state index is 14.4. The first kappa shape index (κ1) is 29.8. The molecule has 224 valence electrons. The zero-order chi connectivity index (χ0) is 31.1. The molecule has 0 fully saturated rings. The van der Waals surface area contributed by atoms with E-state index in [1.165, 1.54) is 16.7 Å². The largest absolute Gasteiger partial charge is 0.466 e. The Bertz CT molecular complexity index is 2040. The number of aryl methyl sites for hydroxylation is 3. The van der Waals surface area contributed by atoms with Gasteiger partial charge in [-0.1, -0.05) is 36.4 Å². The Balaban J connectivity index is 1.76. The number of benzene rings is 3. The van der Waals surface area contributed by atoms with Gasteiger partial charge in [-0.05, 0) is 67.3 Å². The van der Waals surface area contributed by atoms with Crippen molar-refractivity contribution in [2.75, 3.05) is 12.9 Å². The SMILES string of the molecule is CCOC(=O)C[C@H](c1ccccc1)n1c(=O)n(Cc2cn(C)c3cc(C)cc(C)c23)c2ccc(C(=O)NS(C)(=O)=O)cc21. The van der Waals surface area contributed by atoms with Crippen LogP contribution in [0.4, 0.5) is 0 Å². The molecule has 2 heterocycles. The summed E-state index contributed by atoms with van der Waals surface area (Å²) in [5.74, 6) is -1.30. The maximum Gasteiger partial charge on any atom is 0.330 e. The van der Waals surface area contributed by atoms with Crippen LogP contribution in [0.15, 0.2) is 71.7 Å². The maximum absolute atomic E-state index is 14.4. The minimum Gasteiger partial charge on any atom is -0.466 e. The Morgan fingerprint density at radius 1 is 0.977 bits per heavy atom. The Kier molecular flexibility index (Phi) is 8.02. The van der Waals surface area contributed by atoms with Crippen molar-refractivity contribution in [2.24, 2.45) is 7.05 Å². The molecule has 0 aliphatic heterocycles. The number of nitrogens with zero attached hydrogens (tertiary/aromatic N) is 3. The second-order valence-electron chi connectivity index (χ2n) is 10.8. The lowest BCUT2D eigenvalue weighted by Crippen LogP contribution is -2.30. The minimum absolute atomic E-state index is 0.0586. The molecule has 0 saturated carbocycles. The number of nitrogens with one attached hydrogen (secondary N) is 1. The fourth-order valence-electron chi connectivity index (χ4n) is 5.81. The number of sulfonamides is 1. The van der Waals surface area contributed by atoms with Gasteiger partial charge in [0.25, 0.3) is 5.91 Å². The van der Waals surface area contributed by atoms with Gasteiger partial charge in [0.05, 0.1) is 42.9 Å². The molecule has 0 saturated heterocycles. The number of ether oxygens (including phenoxy) is 1.